The Labute approximate surface area is 85.0 Å². The average Bonchev–Trinajstić information content (AvgIpc) is 2.23. The van der Waals surface area contributed by atoms with Crippen molar-refractivity contribution >= 4 is 0 Å². The van der Waals surface area contributed by atoms with Crippen molar-refractivity contribution in [3.05, 3.63) is 24.3 Å². The van der Waals surface area contributed by atoms with Crippen molar-refractivity contribution in [2.24, 2.45) is 5.92 Å². The van der Waals surface area contributed by atoms with Crippen LogP contribution in [-0.2, 0) is 6.42 Å². The Hall–Kier alpha value is -0.960. The lowest BCUT2D eigenvalue weighted by Crippen LogP contribution is -2.39. The number of aromatic nitrogens is 2. The molecule has 1 saturated heterocycles. The molecule has 1 N–H and O–H groups in total. The second-order valence-corrected chi connectivity index (χ2v) is 4.24. The Morgan fingerprint density at radius 2 is 2.14 bits per heavy atom. The molecule has 0 amide bonds. The zero-order valence-corrected chi connectivity index (χ0v) is 8.61. The highest BCUT2D eigenvalue weighted by Crippen LogP contribution is 2.15. The van der Waals surface area contributed by atoms with Gasteiger partial charge in [-0.25, -0.2) is 9.97 Å². The number of piperidine rings is 1. The topological polar surface area (TPSA) is 37.8 Å². The van der Waals surface area contributed by atoms with Gasteiger partial charge < -0.3 is 5.32 Å². The molecule has 3 nitrogen and oxygen atoms in total. The van der Waals surface area contributed by atoms with Crippen LogP contribution >= 0.6 is 0 Å². The van der Waals surface area contributed by atoms with E-state index in [1.165, 1.54) is 18.4 Å². The van der Waals surface area contributed by atoms with Gasteiger partial charge in [-0.1, -0.05) is 6.92 Å². The Balaban J connectivity index is 1.87. The molecule has 3 heteroatoms. The Kier molecular flexibility index (Phi) is 3.09. The van der Waals surface area contributed by atoms with E-state index in [2.05, 4.69) is 22.2 Å². The van der Waals surface area contributed by atoms with E-state index in [1.807, 2.05) is 12.4 Å². The summed E-state index contributed by atoms with van der Waals surface area (Å²) in [5, 5.41) is 3.56. The van der Waals surface area contributed by atoms with Gasteiger partial charge in [-0.2, -0.15) is 0 Å². The smallest absolute Gasteiger partial charge is 0.115 e. The molecule has 76 valence electrons. The molecule has 14 heavy (non-hydrogen) atoms. The number of hydrogen-bond donors (Lipinski definition) is 1. The lowest BCUT2D eigenvalue weighted by atomic mass is 9.93. The molecule has 2 heterocycles. The van der Waals surface area contributed by atoms with Gasteiger partial charge in [-0.15, -0.1) is 0 Å². The van der Waals surface area contributed by atoms with Gasteiger partial charge >= 0.3 is 0 Å². The average molecular weight is 191 g/mol. The number of rotatable bonds is 2. The van der Waals surface area contributed by atoms with E-state index in [0.29, 0.717) is 6.04 Å². The number of nitrogens with zero attached hydrogens (tertiary/aromatic N) is 2. The van der Waals surface area contributed by atoms with Crippen LogP contribution in [0.15, 0.2) is 18.7 Å². The van der Waals surface area contributed by atoms with Crippen molar-refractivity contribution in [2.75, 3.05) is 6.54 Å². The highest BCUT2D eigenvalue weighted by atomic mass is 14.9. The van der Waals surface area contributed by atoms with Gasteiger partial charge in [0, 0.05) is 18.4 Å². The molecule has 1 fully saturated rings. The third kappa shape index (κ3) is 2.51. The second kappa shape index (κ2) is 4.51. The van der Waals surface area contributed by atoms with Crippen LogP contribution in [0.25, 0.3) is 0 Å². The molecule has 0 spiro atoms. The minimum absolute atomic E-state index is 0.622. The van der Waals surface area contributed by atoms with Crippen LogP contribution in [0, 0.1) is 5.92 Å². The maximum absolute atomic E-state index is 4.03. The Morgan fingerprint density at radius 3 is 2.79 bits per heavy atom. The molecule has 1 aliphatic rings. The van der Waals surface area contributed by atoms with E-state index in [1.54, 1.807) is 6.33 Å². The SMILES string of the molecule is CC1CCC(Cc2cncnc2)NC1. The van der Waals surface area contributed by atoms with Crippen LogP contribution < -0.4 is 5.32 Å². The second-order valence-electron chi connectivity index (χ2n) is 4.24. The fourth-order valence-electron chi connectivity index (χ4n) is 1.95. The van der Waals surface area contributed by atoms with E-state index in [-0.39, 0.29) is 0 Å². The van der Waals surface area contributed by atoms with Gasteiger partial charge in [0.1, 0.15) is 6.33 Å². The van der Waals surface area contributed by atoms with E-state index in [0.717, 1.165) is 18.9 Å². The maximum Gasteiger partial charge on any atom is 0.115 e. The quantitative estimate of drug-likeness (QED) is 0.768. The lowest BCUT2D eigenvalue weighted by molar-refractivity contribution is 0.326. The monoisotopic (exact) mass is 191 g/mol. The molecule has 2 atom stereocenters. The predicted octanol–water partition coefficient (Wildman–Crippen LogP) is 1.41. The van der Waals surface area contributed by atoms with Crippen molar-refractivity contribution < 1.29 is 0 Å². The minimum Gasteiger partial charge on any atom is -0.313 e. The molecule has 0 bridgehead atoms. The van der Waals surface area contributed by atoms with E-state index in [9.17, 15) is 0 Å². The number of nitrogens with one attached hydrogen (secondary N) is 1. The van der Waals surface area contributed by atoms with Gasteiger partial charge in [0.05, 0.1) is 0 Å². The molecular weight excluding hydrogens is 174 g/mol. The highest BCUT2D eigenvalue weighted by molar-refractivity contribution is 5.05. The van der Waals surface area contributed by atoms with Crippen LogP contribution in [0.1, 0.15) is 25.3 Å². The molecule has 2 unspecified atom stereocenters. The van der Waals surface area contributed by atoms with Crippen LogP contribution in [0.3, 0.4) is 0 Å². The van der Waals surface area contributed by atoms with Gasteiger partial charge in [-0.3, -0.25) is 0 Å². The number of hydrogen-bond acceptors (Lipinski definition) is 3. The minimum atomic E-state index is 0.622. The van der Waals surface area contributed by atoms with Gasteiger partial charge in [0.15, 0.2) is 0 Å². The first kappa shape index (κ1) is 9.59. The summed E-state index contributed by atoms with van der Waals surface area (Å²) in [5.74, 6) is 0.832. The molecule has 1 aromatic heterocycles. The molecule has 0 saturated carbocycles. The molecule has 0 radical (unpaired) electrons. The van der Waals surface area contributed by atoms with Crippen molar-refractivity contribution in [3.63, 3.8) is 0 Å². The van der Waals surface area contributed by atoms with Crippen molar-refractivity contribution in [2.45, 2.75) is 32.2 Å². The molecular formula is C11H17N3. The molecule has 1 aliphatic heterocycles. The summed E-state index contributed by atoms with van der Waals surface area (Å²) < 4.78 is 0. The fourth-order valence-corrected chi connectivity index (χ4v) is 1.95. The first-order valence-electron chi connectivity index (χ1n) is 5.32. The normalized spacial score (nSPS) is 27.5. The van der Waals surface area contributed by atoms with Crippen molar-refractivity contribution in [1.82, 2.24) is 15.3 Å². The molecule has 0 aliphatic carbocycles. The third-order valence-electron chi connectivity index (χ3n) is 2.86. The molecule has 0 aromatic carbocycles. The summed E-state index contributed by atoms with van der Waals surface area (Å²) in [4.78, 5) is 8.05. The summed E-state index contributed by atoms with van der Waals surface area (Å²) >= 11 is 0. The first-order valence-corrected chi connectivity index (χ1v) is 5.32. The Bertz CT molecular complexity index is 265. The van der Waals surface area contributed by atoms with Crippen LogP contribution in [-0.4, -0.2) is 22.6 Å². The summed E-state index contributed by atoms with van der Waals surface area (Å²) in [6.45, 7) is 3.45. The predicted molar refractivity (Wildman–Crippen MR) is 55.9 cm³/mol. The lowest BCUT2D eigenvalue weighted by Gasteiger charge is -2.27. The maximum atomic E-state index is 4.03. The largest absolute Gasteiger partial charge is 0.313 e. The standard InChI is InChI=1S/C11H17N3/c1-9-2-3-11(14-5-9)4-10-6-12-8-13-7-10/h6-9,11,14H,2-5H2,1H3. The van der Waals surface area contributed by atoms with E-state index in [4.69, 9.17) is 0 Å². The van der Waals surface area contributed by atoms with Gasteiger partial charge in [-0.05, 0) is 37.3 Å². The Morgan fingerprint density at radius 1 is 1.36 bits per heavy atom. The summed E-state index contributed by atoms with van der Waals surface area (Å²) in [6.07, 6.45) is 9.08. The third-order valence-corrected chi connectivity index (χ3v) is 2.86. The zero-order valence-electron chi connectivity index (χ0n) is 8.61. The van der Waals surface area contributed by atoms with E-state index >= 15 is 0 Å². The van der Waals surface area contributed by atoms with E-state index < -0.39 is 0 Å². The van der Waals surface area contributed by atoms with Crippen LogP contribution in [0.4, 0.5) is 0 Å². The van der Waals surface area contributed by atoms with Gasteiger partial charge in [0.2, 0.25) is 0 Å². The summed E-state index contributed by atoms with van der Waals surface area (Å²) in [7, 11) is 0. The van der Waals surface area contributed by atoms with Crippen molar-refractivity contribution in [3.8, 4) is 0 Å². The van der Waals surface area contributed by atoms with Gasteiger partial charge in [0.25, 0.3) is 0 Å². The molecule has 1 aromatic rings. The highest BCUT2D eigenvalue weighted by Gasteiger charge is 2.17. The zero-order chi connectivity index (χ0) is 9.80. The fraction of sp³-hybridized carbons (Fsp3) is 0.636. The van der Waals surface area contributed by atoms with Crippen molar-refractivity contribution in [1.29, 1.82) is 0 Å². The first-order chi connectivity index (χ1) is 6.84. The summed E-state index contributed by atoms with van der Waals surface area (Å²) in [6, 6.07) is 0.622. The summed E-state index contributed by atoms with van der Waals surface area (Å²) in [5.41, 5.74) is 1.24. The molecule has 2 rings (SSSR count). The van der Waals surface area contributed by atoms with Crippen LogP contribution in [0.5, 0.6) is 0 Å². The van der Waals surface area contributed by atoms with Crippen LogP contribution in [0.2, 0.25) is 0 Å².